The molecule has 0 saturated carbocycles. The van der Waals surface area contributed by atoms with Gasteiger partial charge in [-0.05, 0) is 37.4 Å². The molecule has 0 aliphatic heterocycles. The van der Waals surface area contributed by atoms with Crippen molar-refractivity contribution in [2.24, 2.45) is 10.1 Å². The molecule has 0 saturated heterocycles. The number of amides is 2. The quantitative estimate of drug-likeness (QED) is 0.311. The van der Waals surface area contributed by atoms with Crippen LogP contribution in [0.4, 0.5) is 4.79 Å². The first-order chi connectivity index (χ1) is 12.5. The molecule has 9 heteroatoms. The van der Waals surface area contributed by atoms with Gasteiger partial charge in [0.25, 0.3) is 0 Å². The van der Waals surface area contributed by atoms with E-state index in [0.717, 1.165) is 11.8 Å². The van der Waals surface area contributed by atoms with Crippen molar-refractivity contribution in [3.05, 3.63) is 42.5 Å². The zero-order valence-corrected chi connectivity index (χ0v) is 15.4. The first-order valence-electron chi connectivity index (χ1n) is 7.68. The van der Waals surface area contributed by atoms with Crippen LogP contribution in [0.25, 0.3) is 0 Å². The van der Waals surface area contributed by atoms with Crippen molar-refractivity contribution >= 4 is 34.6 Å². The number of ether oxygens (including phenoxy) is 1. The molecule has 0 fully saturated rings. The maximum absolute atomic E-state index is 12.2. The Morgan fingerprint density at radius 2 is 2.04 bits per heavy atom. The molecule has 0 radical (unpaired) electrons. The molecule has 8 nitrogen and oxygen atoms in total. The van der Waals surface area contributed by atoms with Gasteiger partial charge < -0.3 is 20.0 Å². The average Bonchev–Trinajstić information content (AvgIpc) is 2.62. The van der Waals surface area contributed by atoms with E-state index < -0.39 is 12.0 Å². The van der Waals surface area contributed by atoms with Gasteiger partial charge in [0, 0.05) is 5.56 Å². The van der Waals surface area contributed by atoms with E-state index in [4.69, 9.17) is 14.7 Å². The SMILES string of the molecule is C=CCOc1ccc(C(CC(=O)NC(=NC(=O)O)SC)=NOCC)cc1. The normalized spacial score (nSPS) is 11.6. The highest BCUT2D eigenvalue weighted by Crippen LogP contribution is 2.14. The Bertz CT molecular complexity index is 686. The summed E-state index contributed by atoms with van der Waals surface area (Å²) in [6.07, 6.45) is 1.76. The first kappa shape index (κ1) is 21.2. The van der Waals surface area contributed by atoms with E-state index in [2.05, 4.69) is 22.0 Å². The Morgan fingerprint density at radius 3 is 2.58 bits per heavy atom. The number of oxime groups is 1. The number of carbonyl (C=O) groups excluding carboxylic acids is 1. The van der Waals surface area contributed by atoms with Gasteiger partial charge in [0.1, 0.15) is 19.0 Å². The van der Waals surface area contributed by atoms with Crippen LogP contribution in [0, 0.1) is 0 Å². The number of rotatable bonds is 8. The highest BCUT2D eigenvalue weighted by molar-refractivity contribution is 8.13. The number of carboxylic acid groups (broad SMARTS) is 1. The standard InChI is InChI=1S/C17H21N3O5S/c1-4-10-24-13-8-6-12(7-9-13)14(20-25-5-2)11-15(21)18-16(26-3)19-17(22)23/h4,6-9H,1,5,10-11H2,2-3H3,(H,22,23)(H,18,19,21). The topological polar surface area (TPSA) is 110 Å². The molecule has 0 aromatic heterocycles. The zero-order chi connectivity index (χ0) is 19.4. The number of benzene rings is 1. The summed E-state index contributed by atoms with van der Waals surface area (Å²) < 4.78 is 5.41. The average molecular weight is 379 g/mol. The fraction of sp³-hybridized carbons (Fsp3) is 0.294. The highest BCUT2D eigenvalue weighted by Gasteiger charge is 2.14. The number of hydrogen-bond donors (Lipinski definition) is 2. The Hall–Kier alpha value is -2.81. The minimum atomic E-state index is -1.38. The van der Waals surface area contributed by atoms with E-state index in [1.807, 2.05) is 0 Å². The maximum Gasteiger partial charge on any atom is 0.433 e. The number of thioether (sulfide) groups is 1. The molecule has 1 aromatic rings. The Balaban J connectivity index is 2.88. The van der Waals surface area contributed by atoms with Crippen LogP contribution in [0.1, 0.15) is 18.9 Å². The number of aliphatic imine (C=N–C) groups is 1. The number of nitrogens with one attached hydrogen (secondary N) is 1. The smallest absolute Gasteiger partial charge is 0.433 e. The Labute approximate surface area is 156 Å². The lowest BCUT2D eigenvalue weighted by Gasteiger charge is -2.09. The molecule has 0 aliphatic carbocycles. The third-order valence-corrected chi connectivity index (χ3v) is 3.40. The second-order valence-electron chi connectivity index (χ2n) is 4.71. The summed E-state index contributed by atoms with van der Waals surface area (Å²) in [4.78, 5) is 31.2. The van der Waals surface area contributed by atoms with Gasteiger partial charge in [-0.3, -0.25) is 4.79 Å². The molecule has 26 heavy (non-hydrogen) atoms. The van der Waals surface area contributed by atoms with Crippen LogP contribution in [0.5, 0.6) is 5.75 Å². The van der Waals surface area contributed by atoms with Crippen LogP contribution >= 0.6 is 11.8 Å². The van der Waals surface area contributed by atoms with Crippen LogP contribution in [-0.4, -0.2) is 47.5 Å². The largest absolute Gasteiger partial charge is 0.490 e. The van der Waals surface area contributed by atoms with E-state index in [1.165, 1.54) is 0 Å². The fourth-order valence-electron chi connectivity index (χ4n) is 1.76. The molecule has 0 atom stereocenters. The van der Waals surface area contributed by atoms with Crippen molar-refractivity contribution in [2.45, 2.75) is 13.3 Å². The van der Waals surface area contributed by atoms with Gasteiger partial charge in [0.05, 0.1) is 12.1 Å². The van der Waals surface area contributed by atoms with E-state index in [-0.39, 0.29) is 11.6 Å². The van der Waals surface area contributed by atoms with Gasteiger partial charge in [-0.25, -0.2) is 4.79 Å². The summed E-state index contributed by atoms with van der Waals surface area (Å²) in [6.45, 7) is 6.10. The maximum atomic E-state index is 12.2. The van der Waals surface area contributed by atoms with Crippen LogP contribution in [-0.2, 0) is 9.63 Å². The minimum absolute atomic E-state index is 0.00793. The molecular formula is C17H21N3O5S. The Kier molecular flexibility index (Phi) is 9.55. The van der Waals surface area contributed by atoms with E-state index in [0.29, 0.717) is 30.2 Å². The van der Waals surface area contributed by atoms with Crippen molar-refractivity contribution in [3.63, 3.8) is 0 Å². The predicted octanol–water partition coefficient (Wildman–Crippen LogP) is 2.90. The molecular weight excluding hydrogens is 358 g/mol. The van der Waals surface area contributed by atoms with Gasteiger partial charge in [-0.2, -0.15) is 4.99 Å². The third kappa shape index (κ3) is 7.84. The van der Waals surface area contributed by atoms with E-state index >= 15 is 0 Å². The molecule has 140 valence electrons. The molecule has 0 spiro atoms. The Morgan fingerprint density at radius 1 is 1.35 bits per heavy atom. The predicted molar refractivity (Wildman–Crippen MR) is 102 cm³/mol. The first-order valence-corrected chi connectivity index (χ1v) is 8.91. The van der Waals surface area contributed by atoms with Crippen LogP contribution in [0.2, 0.25) is 0 Å². The number of carbonyl (C=O) groups is 2. The molecule has 0 aliphatic rings. The lowest BCUT2D eigenvalue weighted by atomic mass is 10.1. The third-order valence-electron chi connectivity index (χ3n) is 2.82. The van der Waals surface area contributed by atoms with Crippen molar-refractivity contribution in [1.29, 1.82) is 0 Å². The zero-order valence-electron chi connectivity index (χ0n) is 14.6. The number of hydrogen-bond acceptors (Lipinski definition) is 6. The second-order valence-corrected chi connectivity index (χ2v) is 5.50. The summed E-state index contributed by atoms with van der Waals surface area (Å²) in [5.41, 5.74) is 1.08. The van der Waals surface area contributed by atoms with Crippen molar-refractivity contribution in [2.75, 3.05) is 19.5 Å². The van der Waals surface area contributed by atoms with Crippen LogP contribution in [0.3, 0.4) is 0 Å². The monoisotopic (exact) mass is 379 g/mol. The van der Waals surface area contributed by atoms with Gasteiger partial charge in [0.15, 0.2) is 5.17 Å². The molecule has 2 N–H and O–H groups in total. The van der Waals surface area contributed by atoms with Crippen LogP contribution < -0.4 is 10.1 Å². The van der Waals surface area contributed by atoms with Crippen molar-refractivity contribution in [1.82, 2.24) is 5.32 Å². The number of nitrogens with zero attached hydrogens (tertiary/aromatic N) is 2. The fourth-order valence-corrected chi connectivity index (χ4v) is 2.14. The molecule has 0 heterocycles. The second kappa shape index (κ2) is 11.7. The summed E-state index contributed by atoms with van der Waals surface area (Å²) in [5.74, 6) is 0.205. The molecule has 1 aromatic carbocycles. The minimum Gasteiger partial charge on any atom is -0.490 e. The van der Waals surface area contributed by atoms with Gasteiger partial charge >= 0.3 is 6.09 Å². The van der Waals surface area contributed by atoms with Gasteiger partial charge in [0.2, 0.25) is 5.91 Å². The van der Waals surface area contributed by atoms with Crippen molar-refractivity contribution in [3.8, 4) is 5.75 Å². The molecule has 0 bridgehead atoms. The van der Waals surface area contributed by atoms with Gasteiger partial charge in [-0.15, -0.1) is 0 Å². The lowest BCUT2D eigenvalue weighted by molar-refractivity contribution is -0.118. The van der Waals surface area contributed by atoms with E-state index in [9.17, 15) is 9.59 Å². The summed E-state index contributed by atoms with van der Waals surface area (Å²) in [7, 11) is 0. The van der Waals surface area contributed by atoms with Crippen LogP contribution in [0.15, 0.2) is 47.1 Å². The lowest BCUT2D eigenvalue weighted by Crippen LogP contribution is -2.30. The van der Waals surface area contributed by atoms with Crippen molar-refractivity contribution < 1.29 is 24.3 Å². The summed E-state index contributed by atoms with van der Waals surface area (Å²) in [5, 5.41) is 15.1. The molecule has 1 rings (SSSR count). The number of amidine groups is 1. The van der Waals surface area contributed by atoms with E-state index in [1.54, 1.807) is 43.5 Å². The van der Waals surface area contributed by atoms with Gasteiger partial charge in [-0.1, -0.05) is 29.6 Å². The highest BCUT2D eigenvalue weighted by atomic mass is 32.2. The summed E-state index contributed by atoms with van der Waals surface area (Å²) in [6, 6.07) is 7.00. The molecule has 0 unspecified atom stereocenters. The molecule has 2 amide bonds. The summed E-state index contributed by atoms with van der Waals surface area (Å²) >= 11 is 1.02.